The Morgan fingerprint density at radius 1 is 1.25 bits per heavy atom. The SMILES string of the molecule is Cc1nc(C)c(CN2CC(C)SC(C)C2)s1. The van der Waals surface area contributed by atoms with Crippen LogP contribution in [0.2, 0.25) is 0 Å². The smallest absolute Gasteiger partial charge is 0.0900 e. The van der Waals surface area contributed by atoms with E-state index in [4.69, 9.17) is 0 Å². The van der Waals surface area contributed by atoms with Crippen LogP contribution in [0, 0.1) is 13.8 Å². The Hall–Kier alpha value is -0.0600. The molecule has 2 atom stereocenters. The molecule has 2 unspecified atom stereocenters. The second-order valence-corrected chi connectivity index (χ2v) is 7.86. The highest BCUT2D eigenvalue weighted by Crippen LogP contribution is 2.27. The zero-order valence-electron chi connectivity index (χ0n) is 10.5. The summed E-state index contributed by atoms with van der Waals surface area (Å²) in [5.41, 5.74) is 1.22. The average molecular weight is 256 g/mol. The molecule has 90 valence electrons. The summed E-state index contributed by atoms with van der Waals surface area (Å²) in [6, 6.07) is 0. The van der Waals surface area contributed by atoms with Crippen molar-refractivity contribution >= 4 is 23.1 Å². The molecular weight excluding hydrogens is 236 g/mol. The van der Waals surface area contributed by atoms with E-state index in [0.717, 1.165) is 17.0 Å². The molecule has 1 aliphatic rings. The van der Waals surface area contributed by atoms with Crippen molar-refractivity contribution in [3.05, 3.63) is 15.6 Å². The van der Waals surface area contributed by atoms with Gasteiger partial charge in [-0.2, -0.15) is 11.8 Å². The molecule has 1 fully saturated rings. The van der Waals surface area contributed by atoms with Gasteiger partial charge in [-0.3, -0.25) is 4.90 Å². The predicted molar refractivity (Wildman–Crippen MR) is 73.4 cm³/mol. The first-order chi connectivity index (χ1) is 7.54. The summed E-state index contributed by atoms with van der Waals surface area (Å²) >= 11 is 3.96. The molecule has 0 saturated carbocycles. The van der Waals surface area contributed by atoms with Crippen LogP contribution in [-0.4, -0.2) is 33.5 Å². The van der Waals surface area contributed by atoms with Gasteiger partial charge < -0.3 is 0 Å². The summed E-state index contributed by atoms with van der Waals surface area (Å²) in [6.07, 6.45) is 0. The molecule has 0 N–H and O–H groups in total. The van der Waals surface area contributed by atoms with Crippen LogP contribution in [0.5, 0.6) is 0 Å². The van der Waals surface area contributed by atoms with Crippen LogP contribution in [0.25, 0.3) is 0 Å². The topological polar surface area (TPSA) is 16.1 Å². The van der Waals surface area contributed by atoms with Gasteiger partial charge in [0.25, 0.3) is 0 Å². The van der Waals surface area contributed by atoms with Crippen molar-refractivity contribution < 1.29 is 0 Å². The summed E-state index contributed by atoms with van der Waals surface area (Å²) in [5.74, 6) is 0. The maximum Gasteiger partial charge on any atom is 0.0900 e. The Bertz CT molecular complexity index is 352. The van der Waals surface area contributed by atoms with Gasteiger partial charge in [0.1, 0.15) is 0 Å². The van der Waals surface area contributed by atoms with Crippen LogP contribution >= 0.6 is 23.1 Å². The highest BCUT2D eigenvalue weighted by Gasteiger charge is 2.23. The van der Waals surface area contributed by atoms with Crippen molar-refractivity contribution in [2.45, 2.75) is 44.7 Å². The fourth-order valence-corrected chi connectivity index (χ4v) is 4.70. The first kappa shape index (κ1) is 12.4. The third-order valence-electron chi connectivity index (χ3n) is 2.86. The summed E-state index contributed by atoms with van der Waals surface area (Å²) in [6.45, 7) is 12.4. The Morgan fingerprint density at radius 3 is 2.38 bits per heavy atom. The molecule has 16 heavy (non-hydrogen) atoms. The van der Waals surface area contributed by atoms with Gasteiger partial charge >= 0.3 is 0 Å². The Balaban J connectivity index is 2.01. The second kappa shape index (κ2) is 5.07. The van der Waals surface area contributed by atoms with E-state index in [1.54, 1.807) is 0 Å². The molecule has 0 spiro atoms. The van der Waals surface area contributed by atoms with Gasteiger partial charge in [0.2, 0.25) is 0 Å². The number of nitrogens with zero attached hydrogens (tertiary/aromatic N) is 2. The molecule has 0 aromatic carbocycles. The van der Waals surface area contributed by atoms with Crippen molar-refractivity contribution in [3.8, 4) is 0 Å². The van der Waals surface area contributed by atoms with Crippen LogP contribution in [0.3, 0.4) is 0 Å². The van der Waals surface area contributed by atoms with Crippen LogP contribution in [0.15, 0.2) is 0 Å². The molecule has 0 radical (unpaired) electrons. The quantitative estimate of drug-likeness (QED) is 0.809. The lowest BCUT2D eigenvalue weighted by atomic mass is 10.3. The molecule has 1 aromatic heterocycles. The van der Waals surface area contributed by atoms with E-state index >= 15 is 0 Å². The number of thiazole rings is 1. The van der Waals surface area contributed by atoms with Crippen molar-refractivity contribution in [3.63, 3.8) is 0 Å². The standard InChI is InChI=1S/C12H20N2S2/c1-8-5-14(6-9(2)15-8)7-12-10(3)13-11(4)16-12/h8-9H,5-7H2,1-4H3. The number of hydrogen-bond acceptors (Lipinski definition) is 4. The van der Waals surface area contributed by atoms with E-state index in [-0.39, 0.29) is 0 Å². The van der Waals surface area contributed by atoms with E-state index in [1.165, 1.54) is 28.7 Å². The van der Waals surface area contributed by atoms with Crippen LogP contribution in [0.1, 0.15) is 29.4 Å². The van der Waals surface area contributed by atoms with Gasteiger partial charge in [-0.05, 0) is 13.8 Å². The zero-order chi connectivity index (χ0) is 11.7. The number of hydrogen-bond donors (Lipinski definition) is 0. The molecule has 2 heterocycles. The lowest BCUT2D eigenvalue weighted by molar-refractivity contribution is 0.264. The number of aryl methyl sites for hydroxylation is 2. The Morgan fingerprint density at radius 2 is 1.88 bits per heavy atom. The van der Waals surface area contributed by atoms with E-state index in [2.05, 4.69) is 49.3 Å². The van der Waals surface area contributed by atoms with Gasteiger partial charge in [0, 0.05) is 35.0 Å². The van der Waals surface area contributed by atoms with Crippen molar-refractivity contribution in [2.75, 3.05) is 13.1 Å². The van der Waals surface area contributed by atoms with E-state index < -0.39 is 0 Å². The molecule has 0 aliphatic carbocycles. The summed E-state index contributed by atoms with van der Waals surface area (Å²) in [5, 5.41) is 2.72. The maximum atomic E-state index is 4.50. The van der Waals surface area contributed by atoms with Crippen LogP contribution in [0.4, 0.5) is 0 Å². The molecule has 0 amide bonds. The fourth-order valence-electron chi connectivity index (χ4n) is 2.34. The molecule has 0 bridgehead atoms. The minimum absolute atomic E-state index is 0.762. The predicted octanol–water partition coefficient (Wildman–Crippen LogP) is 3.09. The molecular formula is C12H20N2S2. The van der Waals surface area contributed by atoms with Crippen LogP contribution in [-0.2, 0) is 6.54 Å². The fraction of sp³-hybridized carbons (Fsp3) is 0.750. The number of aromatic nitrogens is 1. The largest absolute Gasteiger partial charge is 0.296 e. The van der Waals surface area contributed by atoms with E-state index in [0.29, 0.717) is 0 Å². The third-order valence-corrected chi connectivity index (χ3v) is 5.15. The van der Waals surface area contributed by atoms with Gasteiger partial charge in [0.15, 0.2) is 0 Å². The minimum atomic E-state index is 0.762. The molecule has 1 saturated heterocycles. The zero-order valence-corrected chi connectivity index (χ0v) is 12.1. The first-order valence-corrected chi connectivity index (χ1v) is 7.61. The van der Waals surface area contributed by atoms with Crippen molar-refractivity contribution in [1.82, 2.24) is 9.88 Å². The summed E-state index contributed by atoms with van der Waals surface area (Å²) in [4.78, 5) is 8.52. The number of thioether (sulfide) groups is 1. The third kappa shape index (κ3) is 2.99. The molecule has 2 nitrogen and oxygen atoms in total. The van der Waals surface area contributed by atoms with E-state index in [9.17, 15) is 0 Å². The Kier molecular flexibility index (Phi) is 3.93. The van der Waals surface area contributed by atoms with Crippen molar-refractivity contribution in [1.29, 1.82) is 0 Å². The van der Waals surface area contributed by atoms with Crippen LogP contribution < -0.4 is 0 Å². The second-order valence-electron chi connectivity index (χ2n) is 4.69. The van der Waals surface area contributed by atoms with Gasteiger partial charge in [0.05, 0.1) is 10.7 Å². The molecule has 4 heteroatoms. The summed E-state index contributed by atoms with van der Waals surface area (Å²) < 4.78 is 0. The normalized spacial score (nSPS) is 27.2. The monoisotopic (exact) mass is 256 g/mol. The lowest BCUT2D eigenvalue weighted by Crippen LogP contribution is -2.39. The van der Waals surface area contributed by atoms with Gasteiger partial charge in [-0.15, -0.1) is 11.3 Å². The van der Waals surface area contributed by atoms with Gasteiger partial charge in [-0.25, -0.2) is 4.98 Å². The molecule has 2 rings (SSSR count). The molecule has 1 aliphatic heterocycles. The van der Waals surface area contributed by atoms with E-state index in [1.807, 2.05) is 11.3 Å². The lowest BCUT2D eigenvalue weighted by Gasteiger charge is -2.34. The number of rotatable bonds is 2. The highest BCUT2D eigenvalue weighted by atomic mass is 32.2. The molecule has 1 aromatic rings. The van der Waals surface area contributed by atoms with Crippen molar-refractivity contribution in [2.24, 2.45) is 0 Å². The maximum absolute atomic E-state index is 4.50. The minimum Gasteiger partial charge on any atom is -0.296 e. The first-order valence-electron chi connectivity index (χ1n) is 5.85. The average Bonchev–Trinajstić information content (AvgIpc) is 2.43. The van der Waals surface area contributed by atoms with Gasteiger partial charge in [-0.1, -0.05) is 13.8 Å². The Labute approximate surface area is 106 Å². The highest BCUT2D eigenvalue weighted by molar-refractivity contribution is 8.00. The summed E-state index contributed by atoms with van der Waals surface area (Å²) in [7, 11) is 0.